The molecule has 1 saturated heterocycles. The van der Waals surface area contributed by atoms with Crippen molar-refractivity contribution in [2.75, 3.05) is 13.0 Å². The number of aliphatic hydroxyl groups is 3. The molecule has 0 aliphatic carbocycles. The molecule has 0 spiro atoms. The van der Waals surface area contributed by atoms with Crippen molar-refractivity contribution in [3.05, 3.63) is 0 Å². The Morgan fingerprint density at radius 3 is 2.13 bits per heavy atom. The van der Waals surface area contributed by atoms with Crippen LogP contribution in [0.5, 0.6) is 0 Å². The van der Waals surface area contributed by atoms with Crippen LogP contribution in [-0.4, -0.2) is 64.5 Å². The summed E-state index contributed by atoms with van der Waals surface area (Å²) in [5, 5.41) is 28.0. The fourth-order valence-corrected chi connectivity index (χ4v) is 1.49. The van der Waals surface area contributed by atoms with Crippen molar-refractivity contribution in [2.24, 2.45) is 0 Å². The van der Waals surface area contributed by atoms with Crippen LogP contribution >= 0.6 is 11.6 Å². The molecule has 8 heteroatoms. The van der Waals surface area contributed by atoms with Gasteiger partial charge in [-0.3, -0.25) is 0 Å². The minimum absolute atomic E-state index is 0. The van der Waals surface area contributed by atoms with Crippen molar-refractivity contribution >= 4 is 11.6 Å². The number of methoxy groups -OCH3 is 1. The Bertz CT molecular complexity index is 154. The van der Waals surface area contributed by atoms with Gasteiger partial charge in [0.05, 0.1) is 5.88 Å². The average Bonchev–Trinajstić information content (AvgIpc) is 2.15. The molecule has 15 heavy (non-hydrogen) atoms. The van der Waals surface area contributed by atoms with Gasteiger partial charge in [-0.25, -0.2) is 0 Å². The third-order valence-electron chi connectivity index (χ3n) is 2.05. The molecule has 1 heterocycles. The summed E-state index contributed by atoms with van der Waals surface area (Å²) in [6.45, 7) is 0. The first kappa shape index (κ1) is 18.4. The van der Waals surface area contributed by atoms with E-state index < -0.39 is 30.7 Å². The van der Waals surface area contributed by atoms with E-state index in [9.17, 15) is 15.3 Å². The van der Waals surface area contributed by atoms with Gasteiger partial charge in [-0.15, -0.1) is 11.6 Å². The van der Waals surface area contributed by atoms with Gasteiger partial charge < -0.3 is 30.3 Å². The summed E-state index contributed by atoms with van der Waals surface area (Å²) in [7, 11) is 1.34. The molecule has 0 aromatic carbocycles. The molecular weight excluding hydrogens is 239 g/mol. The van der Waals surface area contributed by atoms with Gasteiger partial charge in [0.2, 0.25) is 0 Å². The second-order valence-electron chi connectivity index (χ2n) is 2.90. The van der Waals surface area contributed by atoms with Gasteiger partial charge in [0.25, 0.3) is 0 Å². The predicted molar refractivity (Wildman–Crippen MR) is 46.3 cm³/mol. The number of hydrogen-bond acceptors (Lipinski definition) is 6. The van der Waals surface area contributed by atoms with Crippen molar-refractivity contribution in [2.45, 2.75) is 30.7 Å². The van der Waals surface area contributed by atoms with Crippen LogP contribution in [0.1, 0.15) is 0 Å². The Balaban J connectivity index is 0. The SMILES string of the molecule is CO[C@H]1O[C@H](CCl)[C@@H](O)[C@H](O)[C@H]1O.[Na+].[OH-]. The van der Waals surface area contributed by atoms with Crippen LogP contribution in [0.4, 0.5) is 0 Å². The van der Waals surface area contributed by atoms with E-state index in [-0.39, 0.29) is 40.9 Å². The number of ether oxygens (including phenoxy) is 2. The number of hydrogen-bond donors (Lipinski definition) is 3. The smallest absolute Gasteiger partial charge is 0.870 e. The van der Waals surface area contributed by atoms with Crippen LogP contribution in [0.25, 0.3) is 0 Å². The van der Waals surface area contributed by atoms with E-state index in [1.54, 1.807) is 0 Å². The summed E-state index contributed by atoms with van der Waals surface area (Å²) >= 11 is 5.48. The first-order valence-electron chi connectivity index (χ1n) is 3.90. The van der Waals surface area contributed by atoms with E-state index in [4.69, 9.17) is 21.1 Å². The van der Waals surface area contributed by atoms with E-state index in [1.807, 2.05) is 0 Å². The molecule has 0 bridgehead atoms. The van der Waals surface area contributed by atoms with E-state index >= 15 is 0 Å². The number of halogens is 1. The van der Waals surface area contributed by atoms with E-state index in [0.29, 0.717) is 0 Å². The van der Waals surface area contributed by atoms with Gasteiger partial charge in [0.1, 0.15) is 24.4 Å². The fraction of sp³-hybridized carbons (Fsp3) is 1.00. The summed E-state index contributed by atoms with van der Waals surface area (Å²) in [6.07, 6.45) is -5.38. The van der Waals surface area contributed by atoms with E-state index in [0.717, 1.165) is 0 Å². The Kier molecular flexibility index (Phi) is 10.1. The number of aliphatic hydroxyl groups excluding tert-OH is 3. The zero-order valence-electron chi connectivity index (χ0n) is 8.58. The predicted octanol–water partition coefficient (Wildman–Crippen LogP) is -4.49. The van der Waals surface area contributed by atoms with Crippen molar-refractivity contribution in [3.8, 4) is 0 Å². The molecule has 0 amide bonds. The van der Waals surface area contributed by atoms with Crippen LogP contribution in [-0.2, 0) is 9.47 Å². The number of rotatable bonds is 2. The molecule has 0 aromatic heterocycles. The second-order valence-corrected chi connectivity index (χ2v) is 3.21. The molecule has 0 saturated carbocycles. The van der Waals surface area contributed by atoms with Crippen LogP contribution < -0.4 is 29.6 Å². The summed E-state index contributed by atoms with van der Waals surface area (Å²) in [6, 6.07) is 0. The van der Waals surface area contributed by atoms with Crippen molar-refractivity contribution in [3.63, 3.8) is 0 Å². The Hall–Kier alpha value is 1.05. The molecule has 0 unspecified atom stereocenters. The maximum absolute atomic E-state index is 9.35. The molecule has 1 fully saturated rings. The van der Waals surface area contributed by atoms with Crippen molar-refractivity contribution in [1.82, 2.24) is 0 Å². The summed E-state index contributed by atoms with van der Waals surface area (Å²) in [5.41, 5.74) is 0. The monoisotopic (exact) mass is 252 g/mol. The quantitative estimate of drug-likeness (QED) is 0.338. The Labute approximate surface area is 115 Å². The normalized spacial score (nSPS) is 40.2. The molecular formula is C7H14ClNaO6. The van der Waals surface area contributed by atoms with Crippen LogP contribution in [0, 0.1) is 0 Å². The Morgan fingerprint density at radius 2 is 1.73 bits per heavy atom. The maximum Gasteiger partial charge on any atom is 1.00 e. The topological polar surface area (TPSA) is 109 Å². The minimum atomic E-state index is -1.29. The van der Waals surface area contributed by atoms with Gasteiger partial charge >= 0.3 is 29.6 Å². The minimum Gasteiger partial charge on any atom is -0.870 e. The molecule has 5 atom stereocenters. The Morgan fingerprint density at radius 1 is 1.20 bits per heavy atom. The molecule has 1 aliphatic heterocycles. The third kappa shape index (κ3) is 4.08. The molecule has 1 rings (SSSR count). The first-order chi connectivity index (χ1) is 6.11. The molecule has 6 nitrogen and oxygen atoms in total. The molecule has 86 valence electrons. The standard InChI is InChI=1S/C7H13ClO5.Na.H2O/c1-12-7-6(11)5(10)4(9)3(2-8)13-7;;/h3-7,9-11H,2H2,1H3;;1H2/q;+1;/p-1/t3-,4-,5+,6-,7+;;/m1../s1. The maximum atomic E-state index is 9.35. The first-order valence-corrected chi connectivity index (χ1v) is 4.43. The number of alkyl halides is 1. The summed E-state index contributed by atoms with van der Waals surface area (Å²) < 4.78 is 9.82. The van der Waals surface area contributed by atoms with Crippen molar-refractivity contribution in [1.29, 1.82) is 0 Å². The van der Waals surface area contributed by atoms with Gasteiger partial charge in [0, 0.05) is 7.11 Å². The van der Waals surface area contributed by atoms with Gasteiger partial charge in [0.15, 0.2) is 6.29 Å². The van der Waals surface area contributed by atoms with Gasteiger partial charge in [-0.2, -0.15) is 0 Å². The van der Waals surface area contributed by atoms with Crippen LogP contribution in [0.3, 0.4) is 0 Å². The molecule has 0 aromatic rings. The molecule has 1 aliphatic rings. The molecule has 0 radical (unpaired) electrons. The fourth-order valence-electron chi connectivity index (χ4n) is 1.24. The van der Waals surface area contributed by atoms with Gasteiger partial charge in [-0.1, -0.05) is 0 Å². The second kappa shape index (κ2) is 8.19. The van der Waals surface area contributed by atoms with Crippen molar-refractivity contribution < 1.29 is 59.8 Å². The van der Waals surface area contributed by atoms with E-state index in [2.05, 4.69) is 0 Å². The summed E-state index contributed by atoms with van der Waals surface area (Å²) in [4.78, 5) is 0. The zero-order chi connectivity index (χ0) is 10.0. The van der Waals surface area contributed by atoms with E-state index in [1.165, 1.54) is 7.11 Å². The largest absolute Gasteiger partial charge is 1.00 e. The third-order valence-corrected chi connectivity index (χ3v) is 2.36. The van der Waals surface area contributed by atoms with Crippen LogP contribution in [0.2, 0.25) is 0 Å². The average molecular weight is 253 g/mol. The summed E-state index contributed by atoms with van der Waals surface area (Å²) in [5.74, 6) is 0.0325. The zero-order valence-corrected chi connectivity index (χ0v) is 11.3. The van der Waals surface area contributed by atoms with Gasteiger partial charge in [-0.05, 0) is 0 Å². The van der Waals surface area contributed by atoms with Crippen LogP contribution in [0.15, 0.2) is 0 Å². The molecule has 4 N–H and O–H groups in total.